The van der Waals surface area contributed by atoms with Gasteiger partial charge < -0.3 is 9.15 Å². The van der Waals surface area contributed by atoms with Gasteiger partial charge in [-0.3, -0.25) is 9.36 Å². The molecule has 1 aliphatic heterocycles. The maximum atomic E-state index is 13.8. The zero-order valence-corrected chi connectivity index (χ0v) is 25.2. The molecule has 39 heavy (non-hydrogen) atoms. The summed E-state index contributed by atoms with van der Waals surface area (Å²) in [5.41, 5.74) is 2.44. The largest absolute Gasteiger partial charge is 0.462 e. The molecule has 2 aromatic carbocycles. The summed E-state index contributed by atoms with van der Waals surface area (Å²) < 4.78 is 14.7. The summed E-state index contributed by atoms with van der Waals surface area (Å²) in [7, 11) is 0. The Balaban J connectivity index is 1.61. The van der Waals surface area contributed by atoms with Crippen LogP contribution < -0.4 is 14.9 Å². The van der Waals surface area contributed by atoms with Gasteiger partial charge in [-0.15, -0.1) is 11.8 Å². The number of esters is 1. The summed E-state index contributed by atoms with van der Waals surface area (Å²) in [6, 6.07) is 18.8. The maximum absolute atomic E-state index is 13.8. The van der Waals surface area contributed by atoms with Gasteiger partial charge in [0.05, 0.1) is 28.5 Å². The van der Waals surface area contributed by atoms with Crippen LogP contribution in [0.5, 0.6) is 0 Å². The average Bonchev–Trinajstić information content (AvgIpc) is 3.51. The minimum Gasteiger partial charge on any atom is -0.462 e. The molecule has 9 heteroatoms. The highest BCUT2D eigenvalue weighted by Crippen LogP contribution is 2.32. The summed E-state index contributed by atoms with van der Waals surface area (Å²) in [6.45, 7) is 6.05. The summed E-state index contributed by atoms with van der Waals surface area (Å²) in [6.07, 6.45) is 3.74. The second-order valence-corrected chi connectivity index (χ2v) is 12.4. The van der Waals surface area contributed by atoms with E-state index < -0.39 is 12.0 Å². The number of rotatable bonds is 7. The van der Waals surface area contributed by atoms with Crippen LogP contribution in [0.2, 0.25) is 0 Å². The number of thioether (sulfide) groups is 1. The van der Waals surface area contributed by atoms with E-state index in [-0.39, 0.29) is 18.1 Å². The molecule has 0 spiro atoms. The van der Waals surface area contributed by atoms with E-state index >= 15 is 0 Å². The van der Waals surface area contributed by atoms with Crippen LogP contribution in [-0.2, 0) is 9.53 Å². The Hall–Kier alpha value is -3.14. The van der Waals surface area contributed by atoms with E-state index in [1.807, 2.05) is 80.8 Å². The van der Waals surface area contributed by atoms with Gasteiger partial charge in [-0.05, 0) is 61.1 Å². The van der Waals surface area contributed by atoms with Crippen molar-refractivity contribution < 1.29 is 13.9 Å². The second kappa shape index (κ2) is 11.5. The van der Waals surface area contributed by atoms with Gasteiger partial charge >= 0.3 is 5.97 Å². The summed E-state index contributed by atoms with van der Waals surface area (Å²) in [5, 5.41) is 0. The molecule has 0 amide bonds. The first-order valence-electron chi connectivity index (χ1n) is 12.4. The van der Waals surface area contributed by atoms with Crippen LogP contribution in [0.4, 0.5) is 0 Å². The Labute approximate surface area is 242 Å². The first kappa shape index (κ1) is 27.4. The van der Waals surface area contributed by atoms with Gasteiger partial charge in [-0.1, -0.05) is 65.4 Å². The number of ether oxygens (including phenoxy) is 1. The minimum atomic E-state index is -0.646. The number of benzene rings is 2. The van der Waals surface area contributed by atoms with E-state index in [1.54, 1.807) is 29.3 Å². The van der Waals surface area contributed by atoms with Crippen LogP contribution >= 0.6 is 39.0 Å². The van der Waals surface area contributed by atoms with E-state index in [1.165, 1.54) is 11.3 Å². The number of carbonyl (C=O) groups is 1. The fourth-order valence-corrected chi connectivity index (χ4v) is 6.20. The van der Waals surface area contributed by atoms with Crippen molar-refractivity contribution in [2.75, 3.05) is 12.9 Å². The standard InChI is InChI=1S/C30H27BrN2O4S2/c1-17(2)16-36-29(35)26-18(3)32-30-33(27(26)19-8-11-23(38-4)12-9-19)28(34)25(39-30)15-22-10-13-24(37-22)20-6-5-7-21(31)14-20/h5-15,17,27H,16H2,1-4H3. The van der Waals surface area contributed by atoms with Crippen molar-refractivity contribution in [3.05, 3.63) is 107 Å². The van der Waals surface area contributed by atoms with Crippen molar-refractivity contribution in [1.29, 1.82) is 0 Å². The van der Waals surface area contributed by atoms with Gasteiger partial charge in [-0.25, -0.2) is 9.79 Å². The lowest BCUT2D eigenvalue weighted by Gasteiger charge is -2.25. The van der Waals surface area contributed by atoms with Crippen molar-refractivity contribution in [2.45, 2.75) is 31.7 Å². The van der Waals surface area contributed by atoms with Gasteiger partial charge in [0.1, 0.15) is 11.5 Å². The Morgan fingerprint density at radius 1 is 1.21 bits per heavy atom. The highest BCUT2D eigenvalue weighted by Gasteiger charge is 2.33. The number of hydrogen-bond acceptors (Lipinski definition) is 7. The lowest BCUT2D eigenvalue weighted by molar-refractivity contribution is -0.140. The van der Waals surface area contributed by atoms with E-state index in [4.69, 9.17) is 9.15 Å². The molecule has 3 heterocycles. The van der Waals surface area contributed by atoms with Gasteiger partial charge in [0.25, 0.3) is 5.56 Å². The monoisotopic (exact) mass is 622 g/mol. The molecular weight excluding hydrogens is 596 g/mol. The molecule has 0 radical (unpaired) electrons. The number of halogens is 1. The van der Waals surface area contributed by atoms with Gasteiger partial charge in [0.15, 0.2) is 4.80 Å². The van der Waals surface area contributed by atoms with Crippen LogP contribution in [0.1, 0.15) is 38.1 Å². The van der Waals surface area contributed by atoms with Gasteiger partial charge in [0, 0.05) is 21.0 Å². The van der Waals surface area contributed by atoms with Crippen LogP contribution in [0.15, 0.2) is 95.5 Å². The Morgan fingerprint density at radius 3 is 2.67 bits per heavy atom. The number of thiazole rings is 1. The van der Waals surface area contributed by atoms with E-state index in [9.17, 15) is 9.59 Å². The predicted molar refractivity (Wildman–Crippen MR) is 160 cm³/mol. The minimum absolute atomic E-state index is 0.186. The predicted octanol–water partition coefficient (Wildman–Crippen LogP) is 6.18. The highest BCUT2D eigenvalue weighted by atomic mass is 79.9. The zero-order chi connectivity index (χ0) is 27.7. The highest BCUT2D eigenvalue weighted by molar-refractivity contribution is 9.10. The van der Waals surface area contributed by atoms with Crippen LogP contribution in [-0.4, -0.2) is 23.4 Å². The van der Waals surface area contributed by atoms with Crippen molar-refractivity contribution in [1.82, 2.24) is 4.57 Å². The Morgan fingerprint density at radius 2 is 1.97 bits per heavy atom. The molecule has 6 nitrogen and oxygen atoms in total. The van der Waals surface area contributed by atoms with E-state index in [2.05, 4.69) is 20.9 Å². The molecule has 1 aliphatic rings. The number of fused-ring (bicyclic) bond motifs is 1. The number of allylic oxidation sites excluding steroid dienone is 1. The Bertz CT molecular complexity index is 1750. The van der Waals surface area contributed by atoms with E-state index in [0.717, 1.165) is 20.5 Å². The third-order valence-electron chi connectivity index (χ3n) is 6.23. The topological polar surface area (TPSA) is 73.8 Å². The molecule has 0 fully saturated rings. The van der Waals surface area contributed by atoms with Crippen LogP contribution in [0.25, 0.3) is 17.4 Å². The third-order valence-corrected chi connectivity index (χ3v) is 8.45. The van der Waals surface area contributed by atoms with Crippen LogP contribution in [0, 0.1) is 5.92 Å². The number of nitrogens with zero attached hydrogens (tertiary/aromatic N) is 2. The number of hydrogen-bond donors (Lipinski definition) is 0. The summed E-state index contributed by atoms with van der Waals surface area (Å²) >= 11 is 6.40. The lowest BCUT2D eigenvalue weighted by Crippen LogP contribution is -2.40. The SMILES string of the molecule is CSc1ccc(C2C(C(=O)OCC(C)C)=C(C)N=c3sc(=Cc4ccc(-c5cccc(Br)c5)o4)c(=O)n32)cc1. The third kappa shape index (κ3) is 5.76. The molecule has 4 aromatic rings. The van der Waals surface area contributed by atoms with Gasteiger partial charge in [-0.2, -0.15) is 0 Å². The van der Waals surface area contributed by atoms with Crippen molar-refractivity contribution in [3.8, 4) is 11.3 Å². The smallest absolute Gasteiger partial charge is 0.338 e. The van der Waals surface area contributed by atoms with E-state index in [0.29, 0.717) is 32.1 Å². The van der Waals surface area contributed by atoms with Crippen molar-refractivity contribution in [3.63, 3.8) is 0 Å². The number of furan rings is 1. The normalized spacial score (nSPS) is 15.4. The zero-order valence-electron chi connectivity index (χ0n) is 21.9. The molecule has 1 atom stereocenters. The van der Waals surface area contributed by atoms with Crippen LogP contribution in [0.3, 0.4) is 0 Å². The molecule has 1 unspecified atom stereocenters. The quantitative estimate of drug-likeness (QED) is 0.182. The average molecular weight is 624 g/mol. The van der Waals surface area contributed by atoms with Crippen molar-refractivity contribution >= 4 is 51.1 Å². The van der Waals surface area contributed by atoms with Gasteiger partial charge in [0.2, 0.25) is 0 Å². The molecule has 0 saturated carbocycles. The molecule has 0 saturated heterocycles. The molecular formula is C30H27BrN2O4S2. The Kier molecular flexibility index (Phi) is 8.11. The summed E-state index contributed by atoms with van der Waals surface area (Å²) in [4.78, 5) is 33.5. The second-order valence-electron chi connectivity index (χ2n) is 9.56. The summed E-state index contributed by atoms with van der Waals surface area (Å²) in [5.74, 6) is 0.991. The molecule has 200 valence electrons. The first-order chi connectivity index (χ1) is 18.7. The lowest BCUT2D eigenvalue weighted by atomic mass is 9.96. The fraction of sp³-hybridized carbons (Fsp3) is 0.233. The van der Waals surface area contributed by atoms with Crippen molar-refractivity contribution in [2.24, 2.45) is 10.9 Å². The number of aromatic nitrogens is 1. The molecule has 0 aliphatic carbocycles. The molecule has 0 bridgehead atoms. The first-order valence-corrected chi connectivity index (χ1v) is 15.3. The molecule has 0 N–H and O–H groups in total. The molecule has 5 rings (SSSR count). The number of carbonyl (C=O) groups excluding carboxylic acids is 1. The molecule has 2 aromatic heterocycles. The maximum Gasteiger partial charge on any atom is 0.338 e. The fourth-order valence-electron chi connectivity index (χ4n) is 4.36.